The zero-order valence-electron chi connectivity index (χ0n) is 24.0. The van der Waals surface area contributed by atoms with E-state index in [4.69, 9.17) is 20.9 Å². The Labute approximate surface area is 247 Å². The first kappa shape index (κ1) is 28.5. The number of ether oxygens (including phenoxy) is 2. The topological polar surface area (TPSA) is 224 Å². The number of rotatable bonds is 6. The summed E-state index contributed by atoms with van der Waals surface area (Å²) in [6.45, 7) is 4.49. The van der Waals surface area contributed by atoms with Gasteiger partial charge in [-0.25, -0.2) is 15.3 Å². The van der Waals surface area contributed by atoms with E-state index in [2.05, 4.69) is 44.8 Å². The molecule has 0 saturated carbocycles. The molecule has 228 valence electrons. The number of para-hydroxylation sites is 1. The molecule has 1 fully saturated rings. The lowest BCUT2D eigenvalue weighted by Gasteiger charge is -2.46. The fourth-order valence-electron chi connectivity index (χ4n) is 6.46. The van der Waals surface area contributed by atoms with Crippen molar-refractivity contribution in [3.8, 4) is 11.6 Å². The number of nitrogens with one attached hydrogen (secondary N) is 4. The van der Waals surface area contributed by atoms with Gasteiger partial charge in [0, 0.05) is 18.2 Å². The van der Waals surface area contributed by atoms with Crippen molar-refractivity contribution in [3.05, 3.63) is 53.2 Å². The lowest BCUT2D eigenvalue weighted by Crippen LogP contribution is -2.90. The molecule has 43 heavy (non-hydrogen) atoms. The Kier molecular flexibility index (Phi) is 6.61. The van der Waals surface area contributed by atoms with Gasteiger partial charge in [-0.2, -0.15) is 0 Å². The molecule has 1 spiro atoms. The van der Waals surface area contributed by atoms with Crippen LogP contribution in [-0.4, -0.2) is 100 Å². The number of amides is 2. The molecule has 6 rings (SSSR count). The fraction of sp³-hybridized carbons (Fsp3) is 0.464. The average molecular weight is 595 g/mol. The Morgan fingerprint density at radius 3 is 2.74 bits per heavy atom. The molecule has 2 amide bonds. The highest BCUT2D eigenvalue weighted by molar-refractivity contribution is 5.98. The summed E-state index contributed by atoms with van der Waals surface area (Å²) < 4.78 is 11.0. The second kappa shape index (κ2) is 9.98. The quantitative estimate of drug-likeness (QED) is 0.153. The molecule has 4 atom stereocenters. The van der Waals surface area contributed by atoms with Gasteiger partial charge in [-0.3, -0.25) is 25.2 Å². The molecule has 4 aliphatic rings. The third-order valence-corrected chi connectivity index (χ3v) is 8.79. The first-order valence-corrected chi connectivity index (χ1v) is 14.0. The van der Waals surface area contributed by atoms with Gasteiger partial charge in [0.2, 0.25) is 11.7 Å². The monoisotopic (exact) mass is 594 g/mol. The van der Waals surface area contributed by atoms with E-state index in [-0.39, 0.29) is 47.6 Å². The summed E-state index contributed by atoms with van der Waals surface area (Å²) in [4.78, 5) is 39.6. The van der Waals surface area contributed by atoms with Crippen LogP contribution in [0.25, 0.3) is 0 Å². The number of aliphatic imine (C=N–C) groups is 1. The van der Waals surface area contributed by atoms with Crippen molar-refractivity contribution in [2.24, 2.45) is 16.5 Å². The van der Waals surface area contributed by atoms with Gasteiger partial charge in [-0.15, -0.1) is 0 Å². The number of fused-ring (bicyclic) bond motifs is 1. The highest BCUT2D eigenvalue weighted by atomic mass is 16.5. The van der Waals surface area contributed by atoms with Crippen LogP contribution in [-0.2, 0) is 5.41 Å². The van der Waals surface area contributed by atoms with E-state index in [1.807, 2.05) is 6.07 Å². The zero-order chi connectivity index (χ0) is 30.7. The summed E-state index contributed by atoms with van der Waals surface area (Å²) in [5.74, 6) is -2.84. The van der Waals surface area contributed by atoms with Crippen molar-refractivity contribution in [2.75, 3.05) is 26.8 Å². The summed E-state index contributed by atoms with van der Waals surface area (Å²) in [6, 6.07) is 7.26. The van der Waals surface area contributed by atoms with Gasteiger partial charge < -0.3 is 36.1 Å². The molecule has 4 aliphatic heterocycles. The van der Waals surface area contributed by atoms with E-state index in [0.29, 0.717) is 12.4 Å². The number of pyridine rings is 1. The van der Waals surface area contributed by atoms with Crippen molar-refractivity contribution in [1.82, 2.24) is 25.8 Å². The molecule has 0 radical (unpaired) electrons. The highest BCUT2D eigenvalue weighted by Gasteiger charge is 2.76. The van der Waals surface area contributed by atoms with E-state index >= 15 is 0 Å². The van der Waals surface area contributed by atoms with Crippen molar-refractivity contribution in [3.63, 3.8) is 0 Å². The number of aliphatic hydroxyl groups is 2. The molecule has 2 unspecified atom stereocenters. The molecule has 1 saturated heterocycles. The van der Waals surface area contributed by atoms with Crippen LogP contribution >= 0.6 is 0 Å². The molecule has 0 bridgehead atoms. The van der Waals surface area contributed by atoms with E-state index < -0.39 is 41.4 Å². The number of methoxy groups -OCH3 is 1. The van der Waals surface area contributed by atoms with Crippen LogP contribution in [0, 0.1) is 0 Å². The Bertz CT molecular complexity index is 1540. The summed E-state index contributed by atoms with van der Waals surface area (Å²) in [5.41, 5.74) is 11.9. The van der Waals surface area contributed by atoms with Gasteiger partial charge in [0.15, 0.2) is 12.0 Å². The number of guanidine groups is 2. The van der Waals surface area contributed by atoms with Crippen LogP contribution in [0.15, 0.2) is 41.4 Å². The standard InChI is InChI=1S/C28H35N9O6/c1-26(2)10-11-43-20-14(6-4-7-15(20)26)22(38)34-18-13-37-25(30)33-17(21-27(37,28(18,40)41)36-24(29)35-21)12-31-23(39)16-8-5-9-19(32-16)42-3/h4-9,17-18,21,40-41H,10-13H2,1-3H3,(H2,30,33)(H,31,39)(H,34,38)(H3,29,35,36)/p+1/t17-,18?,21-,27?/m0/s1. The Morgan fingerprint density at radius 2 is 1.98 bits per heavy atom. The van der Waals surface area contributed by atoms with Crippen LogP contribution in [0.1, 0.15) is 46.7 Å². The van der Waals surface area contributed by atoms with Gasteiger partial charge in [0.1, 0.15) is 23.5 Å². The van der Waals surface area contributed by atoms with E-state index in [0.717, 1.165) is 12.0 Å². The van der Waals surface area contributed by atoms with Crippen molar-refractivity contribution < 1.29 is 34.3 Å². The largest absolute Gasteiger partial charge is 0.492 e. The van der Waals surface area contributed by atoms with Gasteiger partial charge in [-0.05, 0) is 24.0 Å². The minimum atomic E-state index is -2.60. The lowest BCUT2D eigenvalue weighted by atomic mass is 9.79. The predicted molar refractivity (Wildman–Crippen MR) is 153 cm³/mol. The van der Waals surface area contributed by atoms with Gasteiger partial charge >= 0.3 is 5.96 Å². The van der Waals surface area contributed by atoms with Crippen LogP contribution in [0.4, 0.5) is 0 Å². The van der Waals surface area contributed by atoms with Crippen LogP contribution in [0.5, 0.6) is 11.6 Å². The second-order valence-electron chi connectivity index (χ2n) is 11.8. The molecule has 1 aromatic heterocycles. The smallest absolute Gasteiger partial charge is 0.343 e. The predicted octanol–water partition coefficient (Wildman–Crippen LogP) is -3.56. The van der Waals surface area contributed by atoms with Crippen LogP contribution in [0.2, 0.25) is 0 Å². The van der Waals surface area contributed by atoms with Gasteiger partial charge in [-0.1, -0.05) is 32.0 Å². The van der Waals surface area contributed by atoms with Crippen LogP contribution < -0.4 is 41.9 Å². The lowest BCUT2D eigenvalue weighted by molar-refractivity contribution is -0.521. The number of nitrogens with two attached hydrogens (primary N) is 2. The number of benzene rings is 1. The number of nitrogens with zero attached hydrogens (tertiary/aromatic N) is 3. The first-order valence-electron chi connectivity index (χ1n) is 14.0. The molecular weight excluding hydrogens is 558 g/mol. The molecule has 5 heterocycles. The zero-order valence-corrected chi connectivity index (χ0v) is 24.0. The molecular formula is C28H36N9O6+. The van der Waals surface area contributed by atoms with Crippen molar-refractivity contribution in [1.29, 1.82) is 0 Å². The number of carbonyl (C=O) groups excluding carboxylic acids is 2. The maximum absolute atomic E-state index is 13.6. The highest BCUT2D eigenvalue weighted by Crippen LogP contribution is 2.43. The maximum atomic E-state index is 13.6. The van der Waals surface area contributed by atoms with Crippen molar-refractivity contribution >= 4 is 23.7 Å². The maximum Gasteiger partial charge on any atom is 0.343 e. The molecule has 10 N–H and O–H groups in total. The van der Waals surface area contributed by atoms with E-state index in [1.165, 1.54) is 18.1 Å². The second-order valence-corrected chi connectivity index (χ2v) is 11.8. The molecule has 2 aromatic rings. The van der Waals surface area contributed by atoms with E-state index in [1.54, 1.807) is 24.3 Å². The molecule has 15 heteroatoms. The summed E-state index contributed by atoms with van der Waals surface area (Å²) >= 11 is 0. The fourth-order valence-corrected chi connectivity index (χ4v) is 6.46. The minimum Gasteiger partial charge on any atom is -0.492 e. The molecule has 15 nitrogen and oxygen atoms in total. The Hall–Kier alpha value is -4.63. The normalized spacial score (nSPS) is 27.7. The third-order valence-electron chi connectivity index (χ3n) is 8.79. The molecule has 1 aromatic carbocycles. The SMILES string of the molecule is COc1cccc(C(=O)NC[C@@H]2N=C(N)N3CC(NC(=O)c4cccc5c4OCCC5(C)C)C(O)(O)C34NC(N)=[NH+][C@@H]24)n1. The minimum absolute atomic E-state index is 0.0228. The average Bonchev–Trinajstić information content (AvgIpc) is 3.45. The Balaban J connectivity index is 1.25. The number of hydrogen-bond donors (Lipinski definition) is 8. The summed E-state index contributed by atoms with van der Waals surface area (Å²) in [5, 5.41) is 32.0. The van der Waals surface area contributed by atoms with Crippen LogP contribution in [0.3, 0.4) is 0 Å². The van der Waals surface area contributed by atoms with Gasteiger partial charge in [0.05, 0.1) is 25.8 Å². The molecule has 0 aliphatic carbocycles. The number of aromatic nitrogens is 1. The summed E-state index contributed by atoms with van der Waals surface area (Å²) in [6.07, 6.45) is 0.801. The van der Waals surface area contributed by atoms with E-state index in [9.17, 15) is 19.8 Å². The van der Waals surface area contributed by atoms with Crippen molar-refractivity contribution in [2.45, 2.75) is 55.3 Å². The third kappa shape index (κ3) is 4.38. The summed E-state index contributed by atoms with van der Waals surface area (Å²) in [7, 11) is 1.45. The number of hydrogen-bond acceptors (Lipinski definition) is 12. The van der Waals surface area contributed by atoms with Gasteiger partial charge in [0.25, 0.3) is 17.5 Å². The number of carbonyl (C=O) groups is 2. The first-order chi connectivity index (χ1) is 20.4. The Morgan fingerprint density at radius 1 is 1.21 bits per heavy atom.